The Kier molecular flexibility index (Phi) is 12.0. The number of halogens is 5. The second-order valence-electron chi connectivity index (χ2n) is 11.8. The standard InChI is InChI=1S/C36H38F5N3O5/c1-21(2)28-14-30(33(48-5)15-31(28)38)29-9-22(3)32(47-4)13-25(29)20-44(19-24-10-23(16-37)11-26(12-24)36(39,40)41)35-42-17-27(18-43-35)49-8-6-7-34(45)46/h9-15,17-18,21H,6-8,16,19-20H2,1-5H3,(H,45,46). The number of nitrogens with zero attached hydrogens (tertiary/aromatic N) is 3. The van der Waals surface area contributed by atoms with Crippen LogP contribution in [0.5, 0.6) is 17.2 Å². The molecule has 0 aliphatic rings. The topological polar surface area (TPSA) is 94.0 Å². The molecule has 0 aliphatic carbocycles. The third kappa shape index (κ3) is 9.36. The van der Waals surface area contributed by atoms with Gasteiger partial charge in [0, 0.05) is 31.1 Å². The molecule has 4 rings (SSSR count). The molecule has 1 N–H and O–H groups in total. The van der Waals surface area contributed by atoms with Crippen molar-refractivity contribution in [2.45, 2.75) is 65.5 Å². The van der Waals surface area contributed by atoms with Crippen molar-refractivity contribution in [1.82, 2.24) is 9.97 Å². The molecule has 13 heteroatoms. The van der Waals surface area contributed by atoms with Crippen LogP contribution >= 0.6 is 0 Å². The number of aryl methyl sites for hydroxylation is 1. The van der Waals surface area contributed by atoms with E-state index in [0.717, 1.165) is 17.7 Å². The Morgan fingerprint density at radius 1 is 0.918 bits per heavy atom. The molecule has 1 aromatic heterocycles. The van der Waals surface area contributed by atoms with Gasteiger partial charge in [0.1, 0.15) is 24.0 Å². The van der Waals surface area contributed by atoms with Crippen LogP contribution in [0, 0.1) is 12.7 Å². The van der Waals surface area contributed by atoms with Gasteiger partial charge in [-0.2, -0.15) is 13.2 Å². The summed E-state index contributed by atoms with van der Waals surface area (Å²) in [6, 6.07) is 9.79. The predicted octanol–water partition coefficient (Wildman–Crippen LogP) is 8.67. The predicted molar refractivity (Wildman–Crippen MR) is 174 cm³/mol. The maximum Gasteiger partial charge on any atom is 0.416 e. The highest BCUT2D eigenvalue weighted by molar-refractivity contribution is 5.76. The van der Waals surface area contributed by atoms with Crippen LogP contribution in [-0.2, 0) is 30.7 Å². The van der Waals surface area contributed by atoms with Crippen LogP contribution in [0.1, 0.15) is 66.0 Å². The van der Waals surface area contributed by atoms with Crippen LogP contribution < -0.4 is 19.1 Å². The van der Waals surface area contributed by atoms with Crippen LogP contribution in [-0.4, -0.2) is 41.9 Å². The van der Waals surface area contributed by atoms with Gasteiger partial charge >= 0.3 is 12.1 Å². The summed E-state index contributed by atoms with van der Waals surface area (Å²) in [6.07, 6.45) is -1.76. The zero-order valence-corrected chi connectivity index (χ0v) is 27.8. The average Bonchev–Trinajstić information content (AvgIpc) is 3.06. The highest BCUT2D eigenvalue weighted by Gasteiger charge is 2.31. The van der Waals surface area contributed by atoms with E-state index in [1.165, 1.54) is 38.7 Å². The summed E-state index contributed by atoms with van der Waals surface area (Å²) in [5.41, 5.74) is 2.18. The Morgan fingerprint density at radius 3 is 2.18 bits per heavy atom. The zero-order valence-electron chi connectivity index (χ0n) is 27.8. The smallest absolute Gasteiger partial charge is 0.416 e. The van der Waals surface area contributed by atoms with Gasteiger partial charge in [-0.3, -0.25) is 4.79 Å². The second kappa shape index (κ2) is 16.0. The van der Waals surface area contributed by atoms with E-state index in [9.17, 15) is 22.4 Å². The number of carboxylic acids is 1. The Morgan fingerprint density at radius 2 is 1.59 bits per heavy atom. The Bertz CT molecular complexity index is 1760. The van der Waals surface area contributed by atoms with E-state index in [0.29, 0.717) is 28.0 Å². The van der Waals surface area contributed by atoms with E-state index in [-0.39, 0.29) is 67.0 Å². The number of aliphatic carboxylic acids is 1. The van der Waals surface area contributed by atoms with Crippen LogP contribution in [0.15, 0.2) is 54.9 Å². The molecule has 0 fully saturated rings. The van der Waals surface area contributed by atoms with E-state index in [1.807, 2.05) is 26.8 Å². The lowest BCUT2D eigenvalue weighted by molar-refractivity contribution is -0.138. The average molecular weight is 688 g/mol. The maximum atomic E-state index is 15.0. The molecule has 0 bridgehead atoms. The fourth-order valence-electron chi connectivity index (χ4n) is 5.40. The largest absolute Gasteiger partial charge is 0.496 e. The molecule has 262 valence electrons. The number of anilines is 1. The van der Waals surface area contributed by atoms with Crippen molar-refractivity contribution in [2.75, 3.05) is 25.7 Å². The Labute approximate surface area is 281 Å². The number of carbonyl (C=O) groups is 1. The zero-order chi connectivity index (χ0) is 35.9. The van der Waals surface area contributed by atoms with Gasteiger partial charge in [0.05, 0.1) is 38.8 Å². The molecule has 1 heterocycles. The number of methoxy groups -OCH3 is 2. The second-order valence-corrected chi connectivity index (χ2v) is 11.8. The van der Waals surface area contributed by atoms with Crippen molar-refractivity contribution in [2.24, 2.45) is 0 Å². The van der Waals surface area contributed by atoms with Gasteiger partial charge in [0.15, 0.2) is 5.75 Å². The van der Waals surface area contributed by atoms with Gasteiger partial charge in [-0.15, -0.1) is 0 Å². The van der Waals surface area contributed by atoms with Crippen molar-refractivity contribution < 1.29 is 46.1 Å². The van der Waals surface area contributed by atoms with Gasteiger partial charge in [0.25, 0.3) is 0 Å². The molecular formula is C36H38F5N3O5. The van der Waals surface area contributed by atoms with Gasteiger partial charge in [0.2, 0.25) is 5.95 Å². The highest BCUT2D eigenvalue weighted by Crippen LogP contribution is 2.40. The molecule has 0 atom stereocenters. The quantitative estimate of drug-likeness (QED) is 0.0981. The minimum absolute atomic E-state index is 0.0313. The summed E-state index contributed by atoms with van der Waals surface area (Å²) in [6.45, 7) is 4.49. The molecule has 49 heavy (non-hydrogen) atoms. The highest BCUT2D eigenvalue weighted by atomic mass is 19.4. The first-order chi connectivity index (χ1) is 23.2. The fourth-order valence-corrected chi connectivity index (χ4v) is 5.40. The third-order valence-electron chi connectivity index (χ3n) is 7.82. The first-order valence-corrected chi connectivity index (χ1v) is 15.5. The third-order valence-corrected chi connectivity index (χ3v) is 7.82. The molecule has 0 unspecified atom stereocenters. The summed E-state index contributed by atoms with van der Waals surface area (Å²) in [5, 5.41) is 8.86. The first kappa shape index (κ1) is 36.9. The van der Waals surface area contributed by atoms with Crippen LogP contribution in [0.2, 0.25) is 0 Å². The lowest BCUT2D eigenvalue weighted by Crippen LogP contribution is -2.25. The van der Waals surface area contributed by atoms with Crippen LogP contribution in [0.25, 0.3) is 11.1 Å². The molecule has 4 aromatic rings. The number of hydrogen-bond donors (Lipinski definition) is 1. The summed E-state index contributed by atoms with van der Waals surface area (Å²) < 4.78 is 86.9. The molecule has 0 saturated carbocycles. The monoisotopic (exact) mass is 687 g/mol. The minimum atomic E-state index is -4.70. The minimum Gasteiger partial charge on any atom is -0.496 e. The molecule has 0 radical (unpaired) electrons. The van der Waals surface area contributed by atoms with E-state index in [1.54, 1.807) is 17.0 Å². The number of ether oxygens (including phenoxy) is 3. The van der Waals surface area contributed by atoms with E-state index in [4.69, 9.17) is 19.3 Å². The van der Waals surface area contributed by atoms with Crippen LogP contribution in [0.4, 0.5) is 27.9 Å². The molecule has 0 saturated heterocycles. The summed E-state index contributed by atoms with van der Waals surface area (Å²) >= 11 is 0. The van der Waals surface area contributed by atoms with Crippen molar-refractivity contribution in [3.63, 3.8) is 0 Å². The SMILES string of the molecule is COc1cc(CN(Cc2cc(CF)cc(C(F)(F)F)c2)c2ncc(OCCCC(=O)O)cn2)c(-c2cc(C(C)C)c(F)cc2OC)cc1C. The molecule has 8 nitrogen and oxygen atoms in total. The Balaban J connectivity index is 1.84. The number of hydrogen-bond acceptors (Lipinski definition) is 7. The van der Waals surface area contributed by atoms with E-state index >= 15 is 4.39 Å². The van der Waals surface area contributed by atoms with E-state index < -0.39 is 30.2 Å². The lowest BCUT2D eigenvalue weighted by atomic mass is 9.91. The molecular weight excluding hydrogens is 649 g/mol. The number of aromatic nitrogens is 2. The van der Waals surface area contributed by atoms with Gasteiger partial charge < -0.3 is 24.2 Å². The molecule has 0 spiro atoms. The number of rotatable bonds is 15. The number of carboxylic acid groups (broad SMARTS) is 1. The molecule has 0 aliphatic heterocycles. The first-order valence-electron chi connectivity index (χ1n) is 15.5. The molecule has 0 amide bonds. The lowest BCUT2D eigenvalue weighted by Gasteiger charge is -2.26. The molecule has 3 aromatic carbocycles. The number of benzene rings is 3. The fraction of sp³-hybridized carbons (Fsp3) is 0.361. The summed E-state index contributed by atoms with van der Waals surface area (Å²) in [7, 11) is 2.95. The van der Waals surface area contributed by atoms with Gasteiger partial charge in [-0.25, -0.2) is 18.7 Å². The van der Waals surface area contributed by atoms with Crippen molar-refractivity contribution in [1.29, 1.82) is 0 Å². The van der Waals surface area contributed by atoms with Gasteiger partial charge in [-0.1, -0.05) is 19.9 Å². The normalized spacial score (nSPS) is 11.5. The maximum absolute atomic E-state index is 15.0. The van der Waals surface area contributed by atoms with Gasteiger partial charge in [-0.05, 0) is 83.0 Å². The van der Waals surface area contributed by atoms with E-state index in [2.05, 4.69) is 9.97 Å². The van der Waals surface area contributed by atoms with Crippen LogP contribution in [0.3, 0.4) is 0 Å². The van der Waals surface area contributed by atoms with Crippen molar-refractivity contribution in [3.05, 3.63) is 94.1 Å². The van der Waals surface area contributed by atoms with Crippen molar-refractivity contribution in [3.8, 4) is 28.4 Å². The van der Waals surface area contributed by atoms with Crippen molar-refractivity contribution >= 4 is 11.9 Å². The number of alkyl halides is 4. The summed E-state index contributed by atoms with van der Waals surface area (Å²) in [5.74, 6) is -0.315. The summed E-state index contributed by atoms with van der Waals surface area (Å²) in [4.78, 5) is 21.3. The Hall–Kier alpha value is -4.94.